The van der Waals surface area contributed by atoms with E-state index in [9.17, 15) is 14.4 Å². The van der Waals surface area contributed by atoms with Gasteiger partial charge in [-0.2, -0.15) is 0 Å². The number of hydrogen-bond donors (Lipinski definition) is 3. The summed E-state index contributed by atoms with van der Waals surface area (Å²) in [6.07, 6.45) is 4.49. The van der Waals surface area contributed by atoms with Gasteiger partial charge in [-0.3, -0.25) is 4.79 Å². The summed E-state index contributed by atoms with van der Waals surface area (Å²) in [5.74, 6) is -2.53. The second-order valence-electron chi connectivity index (χ2n) is 6.57. The van der Waals surface area contributed by atoms with Gasteiger partial charge in [0.05, 0.1) is 0 Å². The van der Waals surface area contributed by atoms with Crippen LogP contribution in [0.1, 0.15) is 15.9 Å². The summed E-state index contributed by atoms with van der Waals surface area (Å²) in [6.45, 7) is 1.83. The Morgan fingerprint density at radius 3 is 1.94 bits per heavy atom. The molecular weight excluding hydrogens is 420 g/mol. The van der Waals surface area contributed by atoms with Gasteiger partial charge in [-0.25, -0.2) is 9.59 Å². The lowest BCUT2D eigenvalue weighted by Crippen LogP contribution is -2.20. The molecule has 0 spiro atoms. The largest absolute Gasteiger partial charge is 0.478 e. The van der Waals surface area contributed by atoms with Crippen molar-refractivity contribution in [1.82, 2.24) is 4.90 Å². The molecule has 0 amide bonds. The molecule has 0 heterocycles. The topological polar surface area (TPSA) is 107 Å². The van der Waals surface area contributed by atoms with E-state index < -0.39 is 11.9 Å². The zero-order chi connectivity index (χ0) is 23.2. The summed E-state index contributed by atoms with van der Waals surface area (Å²) < 4.78 is 0. The predicted molar refractivity (Wildman–Crippen MR) is 123 cm³/mol. The minimum Gasteiger partial charge on any atom is -0.478 e. The normalized spacial score (nSPS) is 10.7. The Morgan fingerprint density at radius 2 is 1.45 bits per heavy atom. The van der Waals surface area contributed by atoms with Crippen molar-refractivity contribution in [3.63, 3.8) is 0 Å². The van der Waals surface area contributed by atoms with Crippen LogP contribution in [0, 0.1) is 0 Å². The zero-order valence-electron chi connectivity index (χ0n) is 17.3. The molecule has 0 unspecified atom stereocenters. The number of carboxylic acid groups (broad SMARTS) is 2. The molecule has 0 aliphatic carbocycles. The van der Waals surface area contributed by atoms with E-state index in [2.05, 4.69) is 10.2 Å². The number of carbonyl (C=O) groups is 3. The van der Waals surface area contributed by atoms with Crippen molar-refractivity contribution >= 4 is 41.1 Å². The minimum atomic E-state index is -1.26. The number of rotatable bonds is 9. The van der Waals surface area contributed by atoms with Crippen LogP contribution in [0.4, 0.5) is 5.69 Å². The van der Waals surface area contributed by atoms with Gasteiger partial charge in [0.2, 0.25) is 0 Å². The SMILES string of the molecule is CN(C)CCNc1ccc(C(=O)/C=C/c2ccc(Cl)cc2)cc1.O=C(O)/C=C/C(=O)O. The zero-order valence-corrected chi connectivity index (χ0v) is 18.0. The van der Waals surface area contributed by atoms with E-state index in [0.29, 0.717) is 22.7 Å². The van der Waals surface area contributed by atoms with Gasteiger partial charge in [0.15, 0.2) is 5.78 Å². The Morgan fingerprint density at radius 1 is 0.903 bits per heavy atom. The molecule has 0 saturated heterocycles. The first-order chi connectivity index (χ1) is 14.7. The van der Waals surface area contributed by atoms with Crippen LogP contribution >= 0.6 is 11.6 Å². The highest BCUT2D eigenvalue weighted by molar-refractivity contribution is 6.30. The number of allylic oxidation sites excluding steroid dienone is 1. The standard InChI is InChI=1S/C19H21ClN2O.C4H4O4/c1-22(2)14-13-21-18-10-6-16(7-11-18)19(23)12-5-15-3-8-17(20)9-4-15;5-3(6)1-2-4(7)8/h3-12,21H,13-14H2,1-2H3;1-2H,(H,5,6)(H,7,8)/b12-5+;2-1+. The quantitative estimate of drug-likeness (QED) is 0.397. The Kier molecular flexibility index (Phi) is 11.4. The van der Waals surface area contributed by atoms with Gasteiger partial charge in [0.25, 0.3) is 0 Å². The summed E-state index contributed by atoms with van der Waals surface area (Å²) in [7, 11) is 4.08. The van der Waals surface area contributed by atoms with Crippen LogP contribution in [0.5, 0.6) is 0 Å². The molecule has 0 aromatic heterocycles. The third-order valence-electron chi connectivity index (χ3n) is 3.72. The maximum Gasteiger partial charge on any atom is 0.328 e. The summed E-state index contributed by atoms with van der Waals surface area (Å²) >= 11 is 5.84. The molecule has 0 fully saturated rings. The number of likely N-dealkylation sites (N-methyl/N-ethyl adjacent to an activating group) is 1. The molecule has 0 saturated carbocycles. The van der Waals surface area contributed by atoms with Gasteiger partial charge in [0, 0.05) is 41.5 Å². The molecule has 7 nitrogen and oxygen atoms in total. The van der Waals surface area contributed by atoms with Crippen molar-refractivity contribution in [2.75, 3.05) is 32.5 Å². The van der Waals surface area contributed by atoms with E-state index in [1.165, 1.54) is 0 Å². The van der Waals surface area contributed by atoms with Crippen molar-refractivity contribution in [2.45, 2.75) is 0 Å². The van der Waals surface area contributed by atoms with E-state index >= 15 is 0 Å². The number of aliphatic carboxylic acids is 2. The molecule has 2 rings (SSSR count). The average molecular weight is 445 g/mol. The molecular formula is C23H25ClN2O5. The summed E-state index contributed by atoms with van der Waals surface area (Å²) in [5, 5.41) is 19.6. The molecule has 0 atom stereocenters. The monoisotopic (exact) mass is 444 g/mol. The lowest BCUT2D eigenvalue weighted by atomic mass is 10.1. The third-order valence-corrected chi connectivity index (χ3v) is 3.98. The van der Waals surface area contributed by atoms with Gasteiger partial charge in [-0.1, -0.05) is 29.8 Å². The predicted octanol–water partition coefficient (Wildman–Crippen LogP) is 3.92. The molecule has 164 valence electrons. The van der Waals surface area contributed by atoms with Gasteiger partial charge in [-0.05, 0) is 62.1 Å². The van der Waals surface area contributed by atoms with Crippen molar-refractivity contribution in [3.05, 3.63) is 82.9 Å². The van der Waals surface area contributed by atoms with Crippen LogP contribution in [0.15, 0.2) is 66.8 Å². The Labute approximate surface area is 186 Å². The fourth-order valence-electron chi connectivity index (χ4n) is 2.16. The summed E-state index contributed by atoms with van der Waals surface area (Å²) in [5.41, 5.74) is 2.64. The molecule has 0 bridgehead atoms. The number of hydrogen-bond acceptors (Lipinski definition) is 5. The maximum atomic E-state index is 12.2. The van der Waals surface area contributed by atoms with Crippen LogP contribution in [-0.2, 0) is 9.59 Å². The smallest absolute Gasteiger partial charge is 0.328 e. The van der Waals surface area contributed by atoms with E-state index in [-0.39, 0.29) is 5.78 Å². The van der Waals surface area contributed by atoms with Gasteiger partial charge in [-0.15, -0.1) is 0 Å². The number of benzene rings is 2. The molecule has 2 aromatic rings. The Hall–Kier alpha value is -3.42. The maximum absolute atomic E-state index is 12.2. The first kappa shape index (κ1) is 25.6. The van der Waals surface area contributed by atoms with Crippen molar-refractivity contribution in [3.8, 4) is 0 Å². The molecule has 0 radical (unpaired) electrons. The molecule has 8 heteroatoms. The van der Waals surface area contributed by atoms with E-state index in [1.807, 2.05) is 50.5 Å². The van der Waals surface area contributed by atoms with Gasteiger partial charge >= 0.3 is 11.9 Å². The number of anilines is 1. The minimum absolute atomic E-state index is 0.0141. The first-order valence-electron chi connectivity index (χ1n) is 9.28. The number of nitrogens with one attached hydrogen (secondary N) is 1. The molecule has 2 aromatic carbocycles. The Balaban J connectivity index is 0.000000512. The highest BCUT2D eigenvalue weighted by atomic mass is 35.5. The van der Waals surface area contributed by atoms with E-state index in [0.717, 1.165) is 24.3 Å². The van der Waals surface area contributed by atoms with Crippen LogP contribution < -0.4 is 5.32 Å². The van der Waals surface area contributed by atoms with E-state index in [4.69, 9.17) is 21.8 Å². The number of carbonyl (C=O) groups excluding carboxylic acids is 1. The second kappa shape index (κ2) is 13.7. The number of nitrogens with zero attached hydrogens (tertiary/aromatic N) is 1. The van der Waals surface area contributed by atoms with Crippen LogP contribution in [0.2, 0.25) is 5.02 Å². The lowest BCUT2D eigenvalue weighted by molar-refractivity contribution is -0.134. The van der Waals surface area contributed by atoms with Crippen LogP contribution in [-0.4, -0.2) is 60.0 Å². The lowest BCUT2D eigenvalue weighted by Gasteiger charge is -2.11. The fraction of sp³-hybridized carbons (Fsp3) is 0.174. The van der Waals surface area contributed by atoms with Crippen molar-refractivity contribution in [2.24, 2.45) is 0 Å². The highest BCUT2D eigenvalue weighted by Gasteiger charge is 2.02. The molecule has 3 N–H and O–H groups in total. The third kappa shape index (κ3) is 12.0. The Bertz CT molecular complexity index is 904. The molecule has 0 aliphatic rings. The number of halogens is 1. The fourth-order valence-corrected chi connectivity index (χ4v) is 2.29. The number of carboxylic acids is 2. The van der Waals surface area contributed by atoms with Crippen molar-refractivity contribution in [1.29, 1.82) is 0 Å². The first-order valence-corrected chi connectivity index (χ1v) is 9.65. The highest BCUT2D eigenvalue weighted by Crippen LogP contribution is 2.13. The second-order valence-corrected chi connectivity index (χ2v) is 7.00. The van der Waals surface area contributed by atoms with Crippen LogP contribution in [0.3, 0.4) is 0 Å². The molecule has 0 aliphatic heterocycles. The molecule has 31 heavy (non-hydrogen) atoms. The van der Waals surface area contributed by atoms with Gasteiger partial charge in [0.1, 0.15) is 0 Å². The number of ketones is 1. The summed E-state index contributed by atoms with van der Waals surface area (Å²) in [4.78, 5) is 33.4. The van der Waals surface area contributed by atoms with Gasteiger partial charge < -0.3 is 20.4 Å². The van der Waals surface area contributed by atoms with E-state index in [1.54, 1.807) is 24.3 Å². The van der Waals surface area contributed by atoms with Crippen LogP contribution in [0.25, 0.3) is 6.08 Å². The summed E-state index contributed by atoms with van der Waals surface area (Å²) in [6, 6.07) is 14.9. The average Bonchev–Trinajstić information content (AvgIpc) is 2.72. The van der Waals surface area contributed by atoms with Crippen molar-refractivity contribution < 1.29 is 24.6 Å².